The van der Waals surface area contributed by atoms with Gasteiger partial charge >= 0.3 is 0 Å². The molecule has 28 heavy (non-hydrogen) atoms. The molecule has 2 aromatic carbocycles. The topological polar surface area (TPSA) is 82.8 Å². The largest absolute Gasteiger partial charge is 0.508 e. The lowest BCUT2D eigenvalue weighted by Gasteiger charge is -2.23. The van der Waals surface area contributed by atoms with Gasteiger partial charge in [-0.3, -0.25) is 9.59 Å². The summed E-state index contributed by atoms with van der Waals surface area (Å²) in [7, 11) is 0. The molecule has 0 fully saturated rings. The lowest BCUT2D eigenvalue weighted by atomic mass is 10.1. The minimum atomic E-state index is -0.215. The molecule has 2 N–H and O–H groups in total. The number of hydrogen-bond donors (Lipinski definition) is 2. The van der Waals surface area contributed by atoms with Crippen molar-refractivity contribution in [3.8, 4) is 5.75 Å². The SMILES string of the molecule is O=C1CSc2ccc(C(=O)N(Cc3ccco3)Cc3ccccc3O)cc2N1. The molecule has 0 spiro atoms. The van der Waals surface area contributed by atoms with Gasteiger partial charge in [-0.15, -0.1) is 11.8 Å². The summed E-state index contributed by atoms with van der Waals surface area (Å²) in [5, 5.41) is 12.9. The smallest absolute Gasteiger partial charge is 0.254 e. The molecule has 0 radical (unpaired) electrons. The van der Waals surface area contributed by atoms with Crippen LogP contribution in [0.3, 0.4) is 0 Å². The summed E-state index contributed by atoms with van der Waals surface area (Å²) in [6.45, 7) is 0.489. The van der Waals surface area contributed by atoms with E-state index in [0.717, 1.165) is 4.90 Å². The minimum Gasteiger partial charge on any atom is -0.508 e. The summed E-state index contributed by atoms with van der Waals surface area (Å²) in [5.41, 5.74) is 1.75. The number of hydrogen-bond acceptors (Lipinski definition) is 5. The van der Waals surface area contributed by atoms with Crippen molar-refractivity contribution in [3.05, 3.63) is 77.7 Å². The third kappa shape index (κ3) is 3.89. The van der Waals surface area contributed by atoms with Gasteiger partial charge in [0.1, 0.15) is 11.5 Å². The van der Waals surface area contributed by atoms with E-state index in [2.05, 4.69) is 5.32 Å². The number of carbonyl (C=O) groups excluding carboxylic acids is 2. The highest BCUT2D eigenvalue weighted by Gasteiger charge is 2.22. The van der Waals surface area contributed by atoms with Crippen LogP contribution in [0.15, 0.2) is 70.2 Å². The van der Waals surface area contributed by atoms with E-state index in [0.29, 0.717) is 28.3 Å². The van der Waals surface area contributed by atoms with Crippen molar-refractivity contribution in [2.75, 3.05) is 11.1 Å². The van der Waals surface area contributed by atoms with Crippen LogP contribution in [0.1, 0.15) is 21.7 Å². The molecule has 2 amide bonds. The van der Waals surface area contributed by atoms with Crippen LogP contribution in [0.5, 0.6) is 5.75 Å². The van der Waals surface area contributed by atoms with Gasteiger partial charge in [-0.2, -0.15) is 0 Å². The number of phenols is 1. The second-order valence-corrected chi connectivity index (χ2v) is 7.43. The van der Waals surface area contributed by atoms with Crippen molar-refractivity contribution in [1.29, 1.82) is 0 Å². The standard InChI is InChI=1S/C21H18N2O4S/c24-18-6-2-1-4-15(18)11-23(12-16-5-3-9-27-16)21(26)14-7-8-19-17(10-14)22-20(25)13-28-19/h1-10,24H,11-13H2,(H,22,25). The molecule has 6 nitrogen and oxygen atoms in total. The Morgan fingerprint density at radius 3 is 2.79 bits per heavy atom. The zero-order chi connectivity index (χ0) is 19.5. The maximum absolute atomic E-state index is 13.2. The summed E-state index contributed by atoms with van der Waals surface area (Å²) in [4.78, 5) is 27.4. The number of nitrogens with one attached hydrogen (secondary N) is 1. The third-order valence-electron chi connectivity index (χ3n) is 4.43. The van der Waals surface area contributed by atoms with Crippen LogP contribution in [0.25, 0.3) is 0 Å². The maximum Gasteiger partial charge on any atom is 0.254 e. The first-order valence-corrected chi connectivity index (χ1v) is 9.74. The molecule has 142 valence electrons. The molecule has 3 aromatic rings. The summed E-state index contributed by atoms with van der Waals surface area (Å²) in [5.74, 6) is 0.855. The molecular weight excluding hydrogens is 376 g/mol. The fourth-order valence-electron chi connectivity index (χ4n) is 3.04. The number of rotatable bonds is 5. The van der Waals surface area contributed by atoms with Crippen LogP contribution < -0.4 is 5.32 Å². The van der Waals surface area contributed by atoms with E-state index in [1.54, 1.807) is 53.6 Å². The van der Waals surface area contributed by atoms with Crippen molar-refractivity contribution >= 4 is 29.3 Å². The Morgan fingerprint density at radius 2 is 2.00 bits per heavy atom. The lowest BCUT2D eigenvalue weighted by molar-refractivity contribution is -0.113. The molecule has 7 heteroatoms. The van der Waals surface area contributed by atoms with Crippen LogP contribution in [0, 0.1) is 0 Å². The number of furan rings is 1. The van der Waals surface area contributed by atoms with Crippen LogP contribution in [-0.2, 0) is 17.9 Å². The molecule has 1 aliphatic heterocycles. The Kier molecular flexibility index (Phi) is 5.08. The van der Waals surface area contributed by atoms with E-state index in [4.69, 9.17) is 4.42 Å². The van der Waals surface area contributed by atoms with Gasteiger partial charge in [0.15, 0.2) is 0 Å². The average molecular weight is 394 g/mol. The number of nitrogens with zero attached hydrogens (tertiary/aromatic N) is 1. The molecule has 1 aliphatic rings. The third-order valence-corrected chi connectivity index (χ3v) is 5.50. The fourth-order valence-corrected chi connectivity index (χ4v) is 3.83. The first-order chi connectivity index (χ1) is 13.6. The molecule has 0 aliphatic carbocycles. The van der Waals surface area contributed by atoms with Gasteiger partial charge in [0.2, 0.25) is 5.91 Å². The molecule has 0 unspecified atom stereocenters. The van der Waals surface area contributed by atoms with Crippen LogP contribution >= 0.6 is 11.8 Å². The predicted molar refractivity (Wildman–Crippen MR) is 106 cm³/mol. The number of benzene rings is 2. The quantitative estimate of drug-likeness (QED) is 0.686. The highest BCUT2D eigenvalue weighted by atomic mass is 32.2. The molecule has 0 saturated heterocycles. The van der Waals surface area contributed by atoms with Crippen LogP contribution in [0.2, 0.25) is 0 Å². The van der Waals surface area contributed by atoms with Gasteiger partial charge < -0.3 is 19.7 Å². The maximum atomic E-state index is 13.2. The molecule has 0 bridgehead atoms. The Labute approximate surface area is 166 Å². The summed E-state index contributed by atoms with van der Waals surface area (Å²) < 4.78 is 5.41. The number of fused-ring (bicyclic) bond motifs is 1. The Bertz CT molecular complexity index is 1020. The van der Waals surface area contributed by atoms with E-state index in [1.165, 1.54) is 11.8 Å². The second kappa shape index (κ2) is 7.82. The van der Waals surface area contributed by atoms with Gasteiger partial charge in [-0.05, 0) is 36.4 Å². The van der Waals surface area contributed by atoms with E-state index >= 15 is 0 Å². The Hall–Kier alpha value is -3.19. The normalized spacial score (nSPS) is 12.9. The summed E-state index contributed by atoms with van der Waals surface area (Å²) >= 11 is 1.45. The van der Waals surface area contributed by atoms with Gasteiger partial charge in [0.05, 0.1) is 30.8 Å². The predicted octanol–water partition coefficient (Wildman–Crippen LogP) is 3.87. The van der Waals surface area contributed by atoms with Gasteiger partial charge in [-0.25, -0.2) is 0 Å². The zero-order valence-electron chi connectivity index (χ0n) is 14.9. The number of thioether (sulfide) groups is 1. The first-order valence-electron chi connectivity index (χ1n) is 8.75. The molecular formula is C21H18N2O4S. The number of phenolic OH excluding ortho intramolecular Hbond substituents is 1. The Balaban J connectivity index is 1.63. The van der Waals surface area contributed by atoms with Gasteiger partial charge in [0.25, 0.3) is 5.91 Å². The monoisotopic (exact) mass is 394 g/mol. The highest BCUT2D eigenvalue weighted by molar-refractivity contribution is 8.00. The van der Waals surface area contributed by atoms with Crippen molar-refractivity contribution in [3.63, 3.8) is 0 Å². The number of amides is 2. The zero-order valence-corrected chi connectivity index (χ0v) is 15.7. The molecule has 1 aromatic heterocycles. The van der Waals surface area contributed by atoms with Gasteiger partial charge in [0, 0.05) is 16.0 Å². The van der Waals surface area contributed by atoms with Crippen molar-refractivity contribution in [1.82, 2.24) is 4.90 Å². The van der Waals surface area contributed by atoms with E-state index < -0.39 is 0 Å². The van der Waals surface area contributed by atoms with Crippen molar-refractivity contribution in [2.45, 2.75) is 18.0 Å². The molecule has 4 rings (SSSR count). The fraction of sp³-hybridized carbons (Fsp3) is 0.143. The van der Waals surface area contributed by atoms with E-state index in [-0.39, 0.29) is 30.7 Å². The van der Waals surface area contributed by atoms with Crippen molar-refractivity contribution in [2.24, 2.45) is 0 Å². The van der Waals surface area contributed by atoms with Crippen molar-refractivity contribution < 1.29 is 19.1 Å². The summed E-state index contributed by atoms with van der Waals surface area (Å²) in [6.07, 6.45) is 1.56. The van der Waals surface area contributed by atoms with E-state index in [9.17, 15) is 14.7 Å². The molecule has 0 atom stereocenters. The van der Waals surface area contributed by atoms with Crippen LogP contribution in [-0.4, -0.2) is 27.6 Å². The number of carbonyl (C=O) groups is 2. The average Bonchev–Trinajstić information content (AvgIpc) is 3.21. The first kappa shape index (κ1) is 18.2. The summed E-state index contributed by atoms with van der Waals surface area (Å²) in [6, 6.07) is 15.8. The highest BCUT2D eigenvalue weighted by Crippen LogP contribution is 2.32. The van der Waals surface area contributed by atoms with Gasteiger partial charge in [-0.1, -0.05) is 18.2 Å². The molecule has 2 heterocycles. The Morgan fingerprint density at radius 1 is 1.14 bits per heavy atom. The number of anilines is 1. The lowest BCUT2D eigenvalue weighted by Crippen LogP contribution is -2.30. The minimum absolute atomic E-state index is 0.0799. The second-order valence-electron chi connectivity index (χ2n) is 6.42. The molecule has 0 saturated carbocycles. The number of para-hydroxylation sites is 1. The van der Waals surface area contributed by atoms with Crippen LogP contribution in [0.4, 0.5) is 5.69 Å². The van der Waals surface area contributed by atoms with E-state index in [1.807, 2.05) is 12.1 Å². The number of aromatic hydroxyl groups is 1.